The molecular formula is C12H11N2O4. The molecule has 1 aromatic rings. The molecule has 0 saturated heterocycles. The van der Waals surface area contributed by atoms with Crippen LogP contribution in [0.15, 0.2) is 24.3 Å². The predicted molar refractivity (Wildman–Crippen MR) is 61.0 cm³/mol. The highest BCUT2D eigenvalue weighted by atomic mass is 16.6. The average Bonchev–Trinajstić information content (AvgIpc) is 2.34. The van der Waals surface area contributed by atoms with Gasteiger partial charge in [0, 0.05) is 0 Å². The Balaban J connectivity index is 2.59. The third-order valence-electron chi connectivity index (χ3n) is 1.92. The number of rotatable bonds is 5. The molecule has 93 valence electrons. The molecule has 0 atom stereocenters. The summed E-state index contributed by atoms with van der Waals surface area (Å²) < 4.78 is 9.40. The van der Waals surface area contributed by atoms with Crippen molar-refractivity contribution in [3.63, 3.8) is 0 Å². The van der Waals surface area contributed by atoms with Crippen LogP contribution in [0.4, 0.5) is 4.79 Å². The lowest BCUT2D eigenvalue weighted by Gasteiger charge is -2.04. The van der Waals surface area contributed by atoms with Crippen LogP contribution in [0, 0.1) is 17.8 Å². The molecule has 1 amide bonds. The average molecular weight is 247 g/mol. The van der Waals surface area contributed by atoms with E-state index in [1.165, 1.54) is 18.6 Å². The number of amides is 1. The summed E-state index contributed by atoms with van der Waals surface area (Å²) in [4.78, 5) is 21.8. The molecule has 0 aromatic heterocycles. The number of carbonyl (C=O) groups is 2. The second kappa shape index (κ2) is 7.04. The maximum Gasteiger partial charge on any atom is 0.412 e. The van der Waals surface area contributed by atoms with Gasteiger partial charge in [-0.2, -0.15) is 5.26 Å². The molecule has 1 aromatic carbocycles. The van der Waals surface area contributed by atoms with Crippen LogP contribution in [0.3, 0.4) is 0 Å². The second-order valence-corrected chi connectivity index (χ2v) is 3.26. The monoisotopic (exact) mass is 247 g/mol. The maximum atomic E-state index is 11.4. The molecule has 6 nitrogen and oxygen atoms in total. The molecule has 0 aliphatic heterocycles. The molecule has 18 heavy (non-hydrogen) atoms. The van der Waals surface area contributed by atoms with E-state index < -0.39 is 12.1 Å². The molecule has 0 bridgehead atoms. The number of carbonyl (C=O) groups excluding carboxylic acids is 2. The Morgan fingerprint density at radius 2 is 2.22 bits per heavy atom. The molecule has 0 aliphatic carbocycles. The Labute approximate surface area is 104 Å². The number of benzene rings is 1. The van der Waals surface area contributed by atoms with Gasteiger partial charge in [-0.1, -0.05) is 12.1 Å². The summed E-state index contributed by atoms with van der Waals surface area (Å²) in [7, 11) is 0. The van der Waals surface area contributed by atoms with Crippen molar-refractivity contribution >= 4 is 12.1 Å². The zero-order chi connectivity index (χ0) is 13.4. The number of nitrogens with zero attached hydrogens (tertiary/aromatic N) is 1. The normalized spacial score (nSPS) is 9.50. The molecular weight excluding hydrogens is 236 g/mol. The first kappa shape index (κ1) is 13.7. The zero-order valence-electron chi connectivity index (χ0n) is 9.46. The van der Waals surface area contributed by atoms with Gasteiger partial charge in [0.25, 0.3) is 0 Å². The standard InChI is InChI=1S/C12H11N2O4/c13-5-2-6-17-8-9-3-1-4-10(7-9)11(15)18-12(14)16/h1-4,7H,6,8H2,(H2,14,16). The smallest absolute Gasteiger partial charge is 0.375 e. The summed E-state index contributed by atoms with van der Waals surface area (Å²) in [5, 5.41) is 8.27. The summed E-state index contributed by atoms with van der Waals surface area (Å²) >= 11 is 0. The van der Waals surface area contributed by atoms with E-state index in [4.69, 9.17) is 15.7 Å². The van der Waals surface area contributed by atoms with Gasteiger partial charge in [-0.3, -0.25) is 0 Å². The first-order valence-electron chi connectivity index (χ1n) is 5.03. The van der Waals surface area contributed by atoms with E-state index in [0.29, 0.717) is 0 Å². The van der Waals surface area contributed by atoms with Gasteiger partial charge in [-0.05, 0) is 17.7 Å². The van der Waals surface area contributed by atoms with Crippen LogP contribution >= 0.6 is 0 Å². The van der Waals surface area contributed by atoms with Gasteiger partial charge in [0.15, 0.2) is 0 Å². The Morgan fingerprint density at radius 1 is 1.44 bits per heavy atom. The van der Waals surface area contributed by atoms with Gasteiger partial charge in [0.05, 0.1) is 31.3 Å². The van der Waals surface area contributed by atoms with Crippen molar-refractivity contribution in [2.24, 2.45) is 5.73 Å². The molecule has 2 N–H and O–H groups in total. The summed E-state index contributed by atoms with van der Waals surface area (Å²) in [5.41, 5.74) is 5.67. The number of nitrogens with two attached hydrogens (primary N) is 1. The van der Waals surface area contributed by atoms with Crippen molar-refractivity contribution in [2.75, 3.05) is 6.61 Å². The van der Waals surface area contributed by atoms with Crippen molar-refractivity contribution in [1.29, 1.82) is 5.26 Å². The Bertz CT molecular complexity index is 479. The Morgan fingerprint density at radius 3 is 2.89 bits per heavy atom. The quantitative estimate of drug-likeness (QED) is 0.478. The fraction of sp³-hybridized carbons (Fsp3) is 0.167. The highest BCUT2D eigenvalue weighted by Gasteiger charge is 2.10. The Hall–Kier alpha value is -2.39. The van der Waals surface area contributed by atoms with Crippen LogP contribution in [-0.4, -0.2) is 18.7 Å². The van der Waals surface area contributed by atoms with Crippen molar-refractivity contribution in [1.82, 2.24) is 0 Å². The number of hydrogen-bond donors (Lipinski definition) is 1. The molecule has 1 radical (unpaired) electrons. The SMILES string of the molecule is N#C[CH]COCc1cccc(C(=O)OC(N)=O)c1. The summed E-state index contributed by atoms with van der Waals surface area (Å²) in [6, 6.07) is 8.22. The first-order valence-corrected chi connectivity index (χ1v) is 5.03. The van der Waals surface area contributed by atoms with Crippen molar-refractivity contribution in [3.8, 4) is 6.07 Å². The van der Waals surface area contributed by atoms with E-state index >= 15 is 0 Å². The minimum absolute atomic E-state index is 0.201. The fourth-order valence-electron chi connectivity index (χ4n) is 1.21. The van der Waals surface area contributed by atoms with Gasteiger partial charge in [0.2, 0.25) is 0 Å². The van der Waals surface area contributed by atoms with Crippen LogP contribution < -0.4 is 5.73 Å². The molecule has 0 spiro atoms. The van der Waals surface area contributed by atoms with Crippen LogP contribution in [0.5, 0.6) is 0 Å². The lowest BCUT2D eigenvalue weighted by atomic mass is 10.1. The van der Waals surface area contributed by atoms with E-state index in [0.717, 1.165) is 5.56 Å². The summed E-state index contributed by atoms with van der Waals surface area (Å²) in [5.74, 6) is -0.812. The maximum absolute atomic E-state index is 11.4. The lowest BCUT2D eigenvalue weighted by Crippen LogP contribution is -2.18. The summed E-state index contributed by atoms with van der Waals surface area (Å²) in [6.45, 7) is 0.447. The largest absolute Gasteiger partial charge is 0.412 e. The zero-order valence-corrected chi connectivity index (χ0v) is 9.46. The van der Waals surface area contributed by atoms with Crippen LogP contribution in [-0.2, 0) is 16.1 Å². The minimum atomic E-state index is -1.15. The molecule has 0 heterocycles. The van der Waals surface area contributed by atoms with Crippen molar-refractivity contribution in [2.45, 2.75) is 6.61 Å². The molecule has 0 unspecified atom stereocenters. The highest BCUT2D eigenvalue weighted by molar-refractivity contribution is 5.96. The fourth-order valence-corrected chi connectivity index (χ4v) is 1.21. The molecule has 6 heteroatoms. The van der Waals surface area contributed by atoms with Crippen LogP contribution in [0.25, 0.3) is 0 Å². The summed E-state index contributed by atoms with van der Waals surface area (Å²) in [6.07, 6.45) is 0.163. The number of ether oxygens (including phenoxy) is 2. The van der Waals surface area contributed by atoms with Crippen LogP contribution in [0.2, 0.25) is 0 Å². The molecule has 1 rings (SSSR count). The molecule has 0 aliphatic rings. The topological polar surface area (TPSA) is 102 Å². The van der Waals surface area contributed by atoms with Gasteiger partial charge in [-0.25, -0.2) is 9.59 Å². The van der Waals surface area contributed by atoms with Crippen molar-refractivity contribution < 1.29 is 19.1 Å². The third kappa shape index (κ3) is 4.63. The minimum Gasteiger partial charge on any atom is -0.375 e. The van der Waals surface area contributed by atoms with Crippen molar-refractivity contribution in [3.05, 3.63) is 41.8 Å². The van der Waals surface area contributed by atoms with Gasteiger partial charge < -0.3 is 15.2 Å². The van der Waals surface area contributed by atoms with E-state index in [9.17, 15) is 9.59 Å². The third-order valence-corrected chi connectivity index (χ3v) is 1.92. The second-order valence-electron chi connectivity index (χ2n) is 3.26. The number of hydrogen-bond acceptors (Lipinski definition) is 5. The lowest BCUT2D eigenvalue weighted by molar-refractivity contribution is 0.0638. The Kier molecular flexibility index (Phi) is 5.35. The highest BCUT2D eigenvalue weighted by Crippen LogP contribution is 2.08. The van der Waals surface area contributed by atoms with Gasteiger partial charge in [-0.15, -0.1) is 0 Å². The number of nitriles is 1. The molecule has 0 saturated carbocycles. The van der Waals surface area contributed by atoms with Crippen LogP contribution in [0.1, 0.15) is 15.9 Å². The van der Waals surface area contributed by atoms with E-state index in [1.54, 1.807) is 12.1 Å². The number of esters is 1. The first-order chi connectivity index (χ1) is 8.63. The van der Waals surface area contributed by atoms with Gasteiger partial charge in [0.1, 0.15) is 0 Å². The van der Waals surface area contributed by atoms with E-state index in [-0.39, 0.29) is 18.8 Å². The van der Waals surface area contributed by atoms with E-state index in [1.807, 2.05) is 6.07 Å². The predicted octanol–water partition coefficient (Wildman–Crippen LogP) is 1.17. The molecule has 0 fully saturated rings. The van der Waals surface area contributed by atoms with Gasteiger partial charge >= 0.3 is 12.1 Å². The van der Waals surface area contributed by atoms with E-state index in [2.05, 4.69) is 4.74 Å². The number of primary amides is 1.